The summed E-state index contributed by atoms with van der Waals surface area (Å²) in [5.74, 6) is 0.662. The first-order valence-electron chi connectivity index (χ1n) is 14.5. The Balaban J connectivity index is 1.64. The number of halogens is 1. The molecule has 2 unspecified atom stereocenters. The number of methoxy groups -OCH3 is 2. The average Bonchev–Trinajstić information content (AvgIpc) is 3.80. The molecule has 1 fully saturated rings. The molecule has 0 saturated carbocycles. The molecule has 0 bridgehead atoms. The van der Waals surface area contributed by atoms with Gasteiger partial charge in [-0.05, 0) is 73.0 Å². The van der Waals surface area contributed by atoms with E-state index in [0.717, 1.165) is 9.87 Å². The zero-order valence-electron chi connectivity index (χ0n) is 24.9. The van der Waals surface area contributed by atoms with Gasteiger partial charge in [-0.3, -0.25) is 9.69 Å². The van der Waals surface area contributed by atoms with E-state index >= 15 is 4.79 Å². The van der Waals surface area contributed by atoms with Crippen molar-refractivity contribution in [1.82, 2.24) is 15.2 Å². The van der Waals surface area contributed by atoms with E-state index in [4.69, 9.17) is 25.5 Å². The molecular formula is C33H33ClN4O6S. The number of oxazole rings is 1. The Hall–Kier alpha value is -4.16. The number of aromatic nitrogens is 1. The number of benzene rings is 3. The molecule has 3 heterocycles. The van der Waals surface area contributed by atoms with E-state index in [0.29, 0.717) is 66.0 Å². The third-order valence-electron chi connectivity index (χ3n) is 8.35. The van der Waals surface area contributed by atoms with Crippen molar-refractivity contribution >= 4 is 33.2 Å². The van der Waals surface area contributed by atoms with Gasteiger partial charge in [0.25, 0.3) is 15.9 Å². The van der Waals surface area contributed by atoms with Crippen LogP contribution in [0.2, 0.25) is 5.02 Å². The fourth-order valence-electron chi connectivity index (χ4n) is 6.42. The van der Waals surface area contributed by atoms with Crippen LogP contribution in [0.3, 0.4) is 0 Å². The van der Waals surface area contributed by atoms with E-state index in [-0.39, 0.29) is 10.6 Å². The highest BCUT2D eigenvalue weighted by Gasteiger charge is 2.62. The first kappa shape index (κ1) is 30.8. The number of likely N-dealkylation sites (tertiary alicyclic amines) is 1. The maximum atomic E-state index is 15.4. The third kappa shape index (κ3) is 5.09. The molecular weight excluding hydrogens is 616 g/mol. The van der Waals surface area contributed by atoms with Crippen LogP contribution >= 0.6 is 11.6 Å². The molecule has 0 spiro atoms. The molecule has 0 radical (unpaired) electrons. The van der Waals surface area contributed by atoms with Crippen LogP contribution in [-0.2, 0) is 26.9 Å². The van der Waals surface area contributed by atoms with Gasteiger partial charge in [0.15, 0.2) is 5.54 Å². The summed E-state index contributed by atoms with van der Waals surface area (Å²) in [5, 5.41) is 3.65. The maximum absolute atomic E-state index is 15.4. The minimum absolute atomic E-state index is 0.0617. The predicted molar refractivity (Wildman–Crippen MR) is 170 cm³/mol. The van der Waals surface area contributed by atoms with Gasteiger partial charge in [-0.25, -0.2) is 17.7 Å². The van der Waals surface area contributed by atoms with Gasteiger partial charge in [0.05, 0.1) is 37.0 Å². The van der Waals surface area contributed by atoms with E-state index in [1.165, 1.54) is 32.6 Å². The quantitative estimate of drug-likeness (QED) is 0.168. The molecule has 2 atom stereocenters. The molecule has 6 rings (SSSR count). The number of fused-ring (bicyclic) bond motifs is 1. The van der Waals surface area contributed by atoms with Crippen molar-refractivity contribution in [2.45, 2.75) is 35.9 Å². The van der Waals surface area contributed by atoms with Crippen LogP contribution < -0.4 is 19.1 Å². The van der Waals surface area contributed by atoms with Crippen molar-refractivity contribution in [3.05, 3.63) is 113 Å². The second kappa shape index (κ2) is 12.3. The summed E-state index contributed by atoms with van der Waals surface area (Å²) < 4.78 is 46.7. The van der Waals surface area contributed by atoms with Crippen LogP contribution in [0.1, 0.15) is 41.5 Å². The summed E-state index contributed by atoms with van der Waals surface area (Å²) in [6.07, 6.45) is 6.17. The van der Waals surface area contributed by atoms with Crippen LogP contribution in [0.4, 0.5) is 5.69 Å². The Kier molecular flexibility index (Phi) is 8.45. The lowest BCUT2D eigenvalue weighted by atomic mass is 9.80. The molecule has 4 aromatic rings. The highest BCUT2D eigenvalue weighted by atomic mass is 35.5. The zero-order valence-corrected chi connectivity index (χ0v) is 26.5. The lowest BCUT2D eigenvalue weighted by Crippen LogP contribution is -2.54. The first-order valence-corrected chi connectivity index (χ1v) is 16.3. The number of amides is 1. The van der Waals surface area contributed by atoms with E-state index < -0.39 is 27.5 Å². The summed E-state index contributed by atoms with van der Waals surface area (Å²) in [7, 11) is -1.38. The Morgan fingerprint density at radius 2 is 1.91 bits per heavy atom. The van der Waals surface area contributed by atoms with Crippen LogP contribution in [0.25, 0.3) is 0 Å². The molecule has 2 aliphatic heterocycles. The lowest BCUT2D eigenvalue weighted by molar-refractivity contribution is -0.127. The van der Waals surface area contributed by atoms with Gasteiger partial charge >= 0.3 is 0 Å². The number of anilines is 1. The van der Waals surface area contributed by atoms with Gasteiger partial charge in [0, 0.05) is 35.8 Å². The minimum Gasteiger partial charge on any atom is -0.497 e. The Morgan fingerprint density at radius 3 is 2.60 bits per heavy atom. The summed E-state index contributed by atoms with van der Waals surface area (Å²) in [4.78, 5) is 21.8. The first-order chi connectivity index (χ1) is 21.8. The molecule has 1 aromatic heterocycles. The Bertz CT molecular complexity index is 1830. The topological polar surface area (TPSA) is 114 Å². The minimum atomic E-state index is -4.41. The van der Waals surface area contributed by atoms with Gasteiger partial charge in [-0.15, -0.1) is 6.58 Å². The molecule has 1 saturated heterocycles. The van der Waals surface area contributed by atoms with E-state index in [9.17, 15) is 8.42 Å². The SMILES string of the molecule is C=CCNCc1ccc(OC)c(C2(N3CCCC3c3ncco3)C(=O)N(S(=O)(=O)c3ccc(OC)cc3)c3ccc(Cl)cc32)c1. The maximum Gasteiger partial charge on any atom is 0.271 e. The van der Waals surface area contributed by atoms with Crippen LogP contribution in [-0.4, -0.2) is 51.5 Å². The van der Waals surface area contributed by atoms with Gasteiger partial charge in [0.1, 0.15) is 17.8 Å². The van der Waals surface area contributed by atoms with Crippen molar-refractivity contribution < 1.29 is 27.1 Å². The van der Waals surface area contributed by atoms with Crippen molar-refractivity contribution in [3.8, 4) is 11.5 Å². The summed E-state index contributed by atoms with van der Waals surface area (Å²) in [5.41, 5.74) is 0.310. The highest BCUT2D eigenvalue weighted by Crippen LogP contribution is 2.56. The number of rotatable bonds is 11. The normalized spacial score (nSPS) is 19.9. The number of hydrogen-bond acceptors (Lipinski definition) is 9. The Morgan fingerprint density at radius 1 is 1.11 bits per heavy atom. The standard InChI is InChI=1S/C33H33ClN4O6S/c1-4-15-35-21-22-7-14-30(43-3)27(19-22)33(37-17-5-6-29(37)31-36-16-18-44-31)26-20-23(34)8-13-28(26)38(32(33)39)45(40,41)25-11-9-24(42-2)10-12-25/h4,7-14,16,18-20,29,35H,1,5-6,15,17,21H2,2-3H3. The fourth-order valence-corrected chi connectivity index (χ4v) is 8.05. The predicted octanol–water partition coefficient (Wildman–Crippen LogP) is 5.44. The molecule has 10 nitrogen and oxygen atoms in total. The number of carbonyl (C=O) groups is 1. The molecule has 45 heavy (non-hydrogen) atoms. The van der Waals surface area contributed by atoms with Gasteiger partial charge < -0.3 is 19.2 Å². The summed E-state index contributed by atoms with van der Waals surface area (Å²) >= 11 is 6.64. The lowest BCUT2D eigenvalue weighted by Gasteiger charge is -2.41. The molecule has 3 aromatic carbocycles. The smallest absolute Gasteiger partial charge is 0.271 e. The molecule has 1 N–H and O–H groups in total. The van der Waals surface area contributed by atoms with Crippen LogP contribution in [0, 0.1) is 0 Å². The van der Waals surface area contributed by atoms with Gasteiger partial charge in [-0.1, -0.05) is 23.7 Å². The number of ether oxygens (including phenoxy) is 2. The number of hydrogen-bond donors (Lipinski definition) is 1. The molecule has 12 heteroatoms. The molecule has 2 aliphatic rings. The fraction of sp³-hybridized carbons (Fsp3) is 0.273. The van der Waals surface area contributed by atoms with E-state index in [2.05, 4.69) is 16.9 Å². The van der Waals surface area contributed by atoms with Crippen LogP contribution in [0.15, 0.2) is 95.1 Å². The van der Waals surface area contributed by atoms with Crippen molar-refractivity contribution in [2.24, 2.45) is 0 Å². The van der Waals surface area contributed by atoms with Crippen molar-refractivity contribution in [1.29, 1.82) is 0 Å². The number of nitrogens with one attached hydrogen (secondary N) is 1. The van der Waals surface area contributed by atoms with Gasteiger partial charge in [-0.2, -0.15) is 0 Å². The highest BCUT2D eigenvalue weighted by molar-refractivity contribution is 7.93. The number of sulfonamides is 1. The second-order valence-corrected chi connectivity index (χ2v) is 13.0. The Labute approximate surface area is 267 Å². The zero-order chi connectivity index (χ0) is 31.8. The summed E-state index contributed by atoms with van der Waals surface area (Å²) in [6, 6.07) is 15.9. The van der Waals surface area contributed by atoms with E-state index in [1.54, 1.807) is 48.7 Å². The number of nitrogens with zero attached hydrogens (tertiary/aromatic N) is 3. The van der Waals surface area contributed by atoms with Crippen molar-refractivity contribution in [3.63, 3.8) is 0 Å². The molecule has 0 aliphatic carbocycles. The summed E-state index contributed by atoms with van der Waals surface area (Å²) in [6.45, 7) is 5.28. The van der Waals surface area contributed by atoms with Gasteiger partial charge in [0.2, 0.25) is 5.89 Å². The monoisotopic (exact) mass is 648 g/mol. The van der Waals surface area contributed by atoms with Crippen LogP contribution in [0.5, 0.6) is 11.5 Å². The third-order valence-corrected chi connectivity index (χ3v) is 10.3. The molecule has 234 valence electrons. The van der Waals surface area contributed by atoms with E-state index in [1.807, 2.05) is 17.0 Å². The largest absolute Gasteiger partial charge is 0.497 e. The second-order valence-electron chi connectivity index (χ2n) is 10.8. The van der Waals surface area contributed by atoms with Crippen molar-refractivity contribution in [2.75, 3.05) is 31.6 Å². The number of carbonyl (C=O) groups excluding carboxylic acids is 1. The average molecular weight is 649 g/mol. The molecule has 1 amide bonds.